The van der Waals surface area contributed by atoms with Crippen molar-refractivity contribution in [3.05, 3.63) is 0 Å². The van der Waals surface area contributed by atoms with Gasteiger partial charge in [-0.3, -0.25) is 0 Å². The molecule has 0 rings (SSSR count). The Balaban J connectivity index is -0.0000000336. The zero-order valence-corrected chi connectivity index (χ0v) is 50.2. The first kappa shape index (κ1) is 107. The summed E-state index contributed by atoms with van der Waals surface area (Å²) in [5.74, 6) is 5.12. The van der Waals surface area contributed by atoms with E-state index in [0.29, 0.717) is 42.0 Å². The van der Waals surface area contributed by atoms with Crippen LogP contribution in [0.5, 0.6) is 0 Å². The van der Waals surface area contributed by atoms with E-state index in [2.05, 4.69) is 166 Å². The van der Waals surface area contributed by atoms with E-state index in [0.717, 1.165) is 55.1 Å². The molecule has 0 heterocycles. The minimum Gasteiger partial charge on any atom is -0.382 e. The molecule has 5 nitrogen and oxygen atoms in total. The topological polar surface area (TPSA) is 46.2 Å². The standard InChI is InChI=1S/C7H16O.C7H16.2C6H14O.2C6H14.C5H12O.C5H12.C4H10O.C4H10.5CH4/c1-6(2)8-7(3,4)5;1-6(2)7(3,4)5;1-5(2)7-6(3)4;1-4-5-7-6(2)3;1-5(2)6(3)4;1-4-5-6(2)3;1-4-6-5(2)3;1-4-5(2)3;1-4(2)5-3;1-4(2)3;;;;;/h6H,1-5H3;6H,1-5H3;5-6H,1-4H3;6H,4-5H2,1-3H3;5-6H,1-4H3;6H,4-5H2,1-3H3;5H,4H2,1-3H3;5H,4H2,1-3H3;4H,1-3H3;4H,1-3H3;5*1H4. The lowest BCUT2D eigenvalue weighted by Gasteiger charge is -2.22. The van der Waals surface area contributed by atoms with Crippen molar-refractivity contribution in [2.24, 2.45) is 40.9 Å². The predicted molar refractivity (Wildman–Crippen MR) is 321 cm³/mol. The Morgan fingerprint density at radius 1 is 0.394 bits per heavy atom. The van der Waals surface area contributed by atoms with Crippen molar-refractivity contribution in [3.63, 3.8) is 0 Å². The smallest absolute Gasteiger partial charge is 0.0601 e. The van der Waals surface area contributed by atoms with Crippen molar-refractivity contribution in [2.75, 3.05) is 20.3 Å². The van der Waals surface area contributed by atoms with Gasteiger partial charge in [-0.25, -0.2) is 0 Å². The molecule has 0 radical (unpaired) electrons. The number of hydrogen-bond donors (Lipinski definition) is 0. The second-order valence-corrected chi connectivity index (χ2v) is 21.9. The fourth-order valence-electron chi connectivity index (χ4n) is 2.52. The average Bonchev–Trinajstić information content (AvgIpc) is 3.03. The molecule has 0 aliphatic rings. The molecule has 66 heavy (non-hydrogen) atoms. The molecule has 426 valence electrons. The quantitative estimate of drug-likeness (QED) is 0.184. The maximum atomic E-state index is 5.44. The van der Waals surface area contributed by atoms with Gasteiger partial charge in [-0.15, -0.1) is 0 Å². The van der Waals surface area contributed by atoms with E-state index in [1.165, 1.54) is 19.3 Å². The second kappa shape index (κ2) is 76.3. The zero-order chi connectivity index (χ0) is 51.7. The zero-order valence-electron chi connectivity index (χ0n) is 50.2. The van der Waals surface area contributed by atoms with Gasteiger partial charge in [0.1, 0.15) is 0 Å². The summed E-state index contributed by atoms with van der Waals surface area (Å²) in [7, 11) is 1.70. The first-order chi connectivity index (χ1) is 27.2. The molecule has 0 atom stereocenters. The SMILES string of the molecule is C.C.C.C.C.CC(C)C.CC(C)C(C)(C)C.CC(C)C(C)C.CC(C)OC(C)(C)C.CC(C)OC(C)C.CCC(C)C.CCCC(C)C.CCCOC(C)C.CCOC(C)C.COC(C)C. The molecular formula is C61H152O5. The summed E-state index contributed by atoms with van der Waals surface area (Å²) in [6.07, 6.45) is 7.41. The Hall–Kier alpha value is -0.200. The molecule has 0 bridgehead atoms. The van der Waals surface area contributed by atoms with E-state index in [4.69, 9.17) is 23.7 Å². The van der Waals surface area contributed by atoms with E-state index in [-0.39, 0.29) is 42.7 Å². The van der Waals surface area contributed by atoms with Crippen molar-refractivity contribution < 1.29 is 23.7 Å². The molecule has 0 N–H and O–H groups in total. The Morgan fingerprint density at radius 2 is 0.667 bits per heavy atom. The highest BCUT2D eigenvalue weighted by Gasteiger charge is 2.13. The molecule has 0 aromatic carbocycles. The summed E-state index contributed by atoms with van der Waals surface area (Å²) < 4.78 is 25.7. The van der Waals surface area contributed by atoms with Gasteiger partial charge in [0.25, 0.3) is 0 Å². The van der Waals surface area contributed by atoms with Gasteiger partial charge in [0.2, 0.25) is 0 Å². The van der Waals surface area contributed by atoms with Gasteiger partial charge in [-0.05, 0) is 158 Å². The van der Waals surface area contributed by atoms with Crippen LogP contribution in [0.2, 0.25) is 0 Å². The van der Waals surface area contributed by atoms with E-state index in [1.54, 1.807) is 7.11 Å². The van der Waals surface area contributed by atoms with E-state index in [1.807, 2.05) is 76.2 Å². The Labute approximate surface area is 430 Å². The van der Waals surface area contributed by atoms with Gasteiger partial charge >= 0.3 is 0 Å². The van der Waals surface area contributed by atoms with Crippen molar-refractivity contribution >= 4 is 0 Å². The van der Waals surface area contributed by atoms with E-state index >= 15 is 0 Å². The molecule has 0 amide bonds. The summed E-state index contributed by atoms with van der Waals surface area (Å²) >= 11 is 0. The molecule has 0 fully saturated rings. The third-order valence-electron chi connectivity index (χ3n) is 7.51. The van der Waals surface area contributed by atoms with Crippen LogP contribution in [0.25, 0.3) is 0 Å². The molecule has 0 aliphatic carbocycles. The first-order valence-electron chi connectivity index (χ1n) is 25.3. The Kier molecular flexibility index (Phi) is 124. The minimum atomic E-state index is 0. The molecule has 0 saturated heterocycles. The maximum Gasteiger partial charge on any atom is 0.0601 e. The Morgan fingerprint density at radius 3 is 0.682 bits per heavy atom. The van der Waals surface area contributed by atoms with Gasteiger partial charge in [-0.2, -0.15) is 0 Å². The van der Waals surface area contributed by atoms with Crippen molar-refractivity contribution in [1.82, 2.24) is 0 Å². The maximum absolute atomic E-state index is 5.44. The summed E-state index contributed by atoms with van der Waals surface area (Å²) in [6, 6.07) is 0. The van der Waals surface area contributed by atoms with Gasteiger partial charge in [0, 0.05) is 20.3 Å². The van der Waals surface area contributed by atoms with Crippen molar-refractivity contribution in [2.45, 2.75) is 347 Å². The average molecular weight is 966 g/mol. The van der Waals surface area contributed by atoms with Crippen LogP contribution in [-0.2, 0) is 23.7 Å². The van der Waals surface area contributed by atoms with Gasteiger partial charge < -0.3 is 23.7 Å². The van der Waals surface area contributed by atoms with Crippen LogP contribution in [0, 0.1) is 40.9 Å². The third-order valence-corrected chi connectivity index (χ3v) is 7.51. The molecule has 5 heteroatoms. The van der Waals surface area contributed by atoms with Crippen LogP contribution in [0.4, 0.5) is 0 Å². The molecule has 0 unspecified atom stereocenters. The lowest BCUT2D eigenvalue weighted by Crippen LogP contribution is -2.23. The molecular weight excluding hydrogens is 813 g/mol. The fraction of sp³-hybridized carbons (Fsp3) is 1.00. The molecule has 0 aromatic rings. The Bertz CT molecular complexity index is 644. The van der Waals surface area contributed by atoms with Gasteiger partial charge in [0.05, 0.1) is 42.2 Å². The van der Waals surface area contributed by atoms with E-state index in [9.17, 15) is 0 Å². The van der Waals surface area contributed by atoms with Crippen molar-refractivity contribution in [3.8, 4) is 0 Å². The highest BCUT2D eigenvalue weighted by molar-refractivity contribution is 4.64. The normalized spacial score (nSPS) is 10.0. The highest BCUT2D eigenvalue weighted by atomic mass is 16.5. The number of hydrogen-bond acceptors (Lipinski definition) is 5. The van der Waals surface area contributed by atoms with Crippen molar-refractivity contribution in [1.29, 1.82) is 0 Å². The minimum absolute atomic E-state index is 0. The van der Waals surface area contributed by atoms with Crippen LogP contribution in [0.15, 0.2) is 0 Å². The summed E-state index contributed by atoms with van der Waals surface area (Å²) in [5, 5.41) is 0. The predicted octanol–water partition coefficient (Wildman–Crippen LogP) is 22.6. The molecule has 0 aliphatic heterocycles. The monoisotopic (exact) mass is 965 g/mol. The summed E-state index contributed by atoms with van der Waals surface area (Å²) in [4.78, 5) is 0. The van der Waals surface area contributed by atoms with Crippen LogP contribution in [0.1, 0.15) is 305 Å². The van der Waals surface area contributed by atoms with Gasteiger partial charge in [0.15, 0.2) is 0 Å². The largest absolute Gasteiger partial charge is 0.382 e. The summed E-state index contributed by atoms with van der Waals surface area (Å²) in [5.41, 5.74) is 0.522. The van der Waals surface area contributed by atoms with Crippen LogP contribution in [0.3, 0.4) is 0 Å². The lowest BCUT2D eigenvalue weighted by molar-refractivity contribution is -0.0424. The summed E-state index contributed by atoms with van der Waals surface area (Å²) in [6.45, 7) is 76.6. The molecule has 0 saturated carbocycles. The van der Waals surface area contributed by atoms with Crippen LogP contribution >= 0.6 is 0 Å². The number of rotatable bonds is 13. The number of ether oxygens (including phenoxy) is 5. The first-order valence-corrected chi connectivity index (χ1v) is 25.3. The lowest BCUT2D eigenvalue weighted by atomic mass is 9.84. The number of methoxy groups -OCH3 is 1. The second-order valence-electron chi connectivity index (χ2n) is 21.9. The molecule has 0 aromatic heterocycles. The van der Waals surface area contributed by atoms with Crippen LogP contribution < -0.4 is 0 Å². The van der Waals surface area contributed by atoms with Gasteiger partial charge in [-0.1, -0.05) is 188 Å². The molecule has 0 spiro atoms. The van der Waals surface area contributed by atoms with Crippen LogP contribution in [-0.4, -0.2) is 62.5 Å². The third kappa shape index (κ3) is 234. The fourth-order valence-corrected chi connectivity index (χ4v) is 2.52. The highest BCUT2D eigenvalue weighted by Crippen LogP contribution is 2.23. The van der Waals surface area contributed by atoms with E-state index < -0.39 is 0 Å².